The molecule has 0 atom stereocenters. The van der Waals surface area contributed by atoms with E-state index in [0.717, 1.165) is 11.6 Å². The molecular formula is C18H13Cl2FN2O2S. The molecule has 0 aliphatic carbocycles. The number of halogens is 3. The Morgan fingerprint density at radius 1 is 1.04 bits per heavy atom. The van der Waals surface area contributed by atoms with Crippen LogP contribution in [0.15, 0.2) is 59.6 Å². The van der Waals surface area contributed by atoms with E-state index in [1.54, 1.807) is 31.2 Å². The fourth-order valence-electron chi connectivity index (χ4n) is 2.39. The van der Waals surface area contributed by atoms with E-state index in [0.29, 0.717) is 21.2 Å². The van der Waals surface area contributed by atoms with Crippen LogP contribution in [0.2, 0.25) is 10.0 Å². The van der Waals surface area contributed by atoms with Crippen LogP contribution in [0.25, 0.3) is 11.1 Å². The van der Waals surface area contributed by atoms with E-state index in [1.165, 1.54) is 24.4 Å². The number of pyridine rings is 1. The summed E-state index contributed by atoms with van der Waals surface area (Å²) in [6.45, 7) is 1.59. The minimum Gasteiger partial charge on any atom is -0.263 e. The number of aryl methyl sites for hydroxylation is 1. The normalized spacial score (nSPS) is 11.4. The number of benzene rings is 2. The van der Waals surface area contributed by atoms with Gasteiger partial charge < -0.3 is 0 Å². The van der Waals surface area contributed by atoms with Crippen LogP contribution in [0.1, 0.15) is 5.56 Å². The Morgan fingerprint density at radius 3 is 2.46 bits per heavy atom. The summed E-state index contributed by atoms with van der Waals surface area (Å²) in [6.07, 6.45) is 1.49. The van der Waals surface area contributed by atoms with Crippen molar-refractivity contribution in [1.82, 2.24) is 4.98 Å². The lowest BCUT2D eigenvalue weighted by Crippen LogP contribution is -2.15. The molecule has 26 heavy (non-hydrogen) atoms. The maximum Gasteiger partial charge on any atom is 0.263 e. The second-order valence-electron chi connectivity index (χ2n) is 5.57. The van der Waals surface area contributed by atoms with Crippen LogP contribution in [0, 0.1) is 12.7 Å². The van der Waals surface area contributed by atoms with Crippen molar-refractivity contribution >= 4 is 39.0 Å². The van der Waals surface area contributed by atoms with Gasteiger partial charge in [-0.1, -0.05) is 35.3 Å². The third kappa shape index (κ3) is 3.98. The van der Waals surface area contributed by atoms with Gasteiger partial charge in [0.2, 0.25) is 0 Å². The molecule has 1 N–H and O–H groups in total. The third-order valence-electron chi connectivity index (χ3n) is 3.68. The average Bonchev–Trinajstić information content (AvgIpc) is 2.58. The summed E-state index contributed by atoms with van der Waals surface area (Å²) >= 11 is 12.0. The zero-order chi connectivity index (χ0) is 18.9. The number of rotatable bonds is 4. The number of hydrogen-bond acceptors (Lipinski definition) is 3. The van der Waals surface area contributed by atoms with E-state index in [9.17, 15) is 12.8 Å². The number of anilines is 1. The van der Waals surface area contributed by atoms with Crippen molar-refractivity contribution in [2.75, 3.05) is 4.72 Å². The molecule has 3 aromatic rings. The molecule has 0 bridgehead atoms. The van der Waals surface area contributed by atoms with Crippen molar-refractivity contribution in [2.45, 2.75) is 11.8 Å². The molecule has 0 fully saturated rings. The molecule has 8 heteroatoms. The third-order valence-corrected chi connectivity index (χ3v) is 5.73. The molecular weight excluding hydrogens is 398 g/mol. The zero-order valence-corrected chi connectivity index (χ0v) is 15.8. The number of hydrogen-bond donors (Lipinski definition) is 1. The Labute approximate surface area is 160 Å². The largest absolute Gasteiger partial charge is 0.263 e. The van der Waals surface area contributed by atoms with Gasteiger partial charge in [-0.2, -0.15) is 0 Å². The summed E-state index contributed by atoms with van der Waals surface area (Å²) in [5.41, 5.74) is 1.86. The smallest absolute Gasteiger partial charge is 0.263 e. The average molecular weight is 411 g/mol. The maximum atomic E-state index is 13.4. The standard InChI is InChI=1S/C18H13Cl2FN2O2S/c1-11-2-5-14(21)9-17(11)26(24,25)23-18-7-3-12(10-22-18)15-6-4-13(19)8-16(15)20/h2-10H,1H3,(H,22,23). The second-order valence-corrected chi connectivity index (χ2v) is 8.07. The van der Waals surface area contributed by atoms with E-state index in [2.05, 4.69) is 9.71 Å². The van der Waals surface area contributed by atoms with E-state index in [-0.39, 0.29) is 10.7 Å². The van der Waals surface area contributed by atoms with Crippen molar-refractivity contribution in [1.29, 1.82) is 0 Å². The molecule has 0 saturated heterocycles. The van der Waals surface area contributed by atoms with Crippen molar-refractivity contribution in [2.24, 2.45) is 0 Å². The monoisotopic (exact) mass is 410 g/mol. The minimum absolute atomic E-state index is 0.113. The maximum absolute atomic E-state index is 13.4. The molecule has 4 nitrogen and oxygen atoms in total. The van der Waals surface area contributed by atoms with Gasteiger partial charge in [-0.3, -0.25) is 4.72 Å². The first-order valence-corrected chi connectivity index (χ1v) is 9.70. The number of sulfonamides is 1. The van der Waals surface area contributed by atoms with Gasteiger partial charge in [-0.15, -0.1) is 0 Å². The molecule has 0 aliphatic heterocycles. The van der Waals surface area contributed by atoms with Crippen LogP contribution < -0.4 is 4.72 Å². The first kappa shape index (κ1) is 18.6. The molecule has 1 heterocycles. The highest BCUT2D eigenvalue weighted by Crippen LogP contribution is 2.30. The van der Waals surface area contributed by atoms with Crippen molar-refractivity contribution in [3.8, 4) is 11.1 Å². The first-order valence-electron chi connectivity index (χ1n) is 7.47. The highest BCUT2D eigenvalue weighted by molar-refractivity contribution is 7.92. The van der Waals surface area contributed by atoms with Crippen molar-refractivity contribution in [3.05, 3.63) is 76.2 Å². The van der Waals surface area contributed by atoms with E-state index >= 15 is 0 Å². The lowest BCUT2D eigenvalue weighted by Gasteiger charge is -2.11. The molecule has 134 valence electrons. The Morgan fingerprint density at radius 2 is 1.81 bits per heavy atom. The summed E-state index contributed by atoms with van der Waals surface area (Å²) in [5, 5.41) is 0.976. The highest BCUT2D eigenvalue weighted by atomic mass is 35.5. The Balaban J connectivity index is 1.88. The topological polar surface area (TPSA) is 59.1 Å². The molecule has 0 aliphatic rings. The SMILES string of the molecule is Cc1ccc(F)cc1S(=O)(=O)Nc1ccc(-c2ccc(Cl)cc2Cl)cn1. The van der Waals surface area contributed by atoms with Crippen molar-refractivity contribution in [3.63, 3.8) is 0 Å². The quantitative estimate of drug-likeness (QED) is 0.634. The number of nitrogens with zero attached hydrogens (tertiary/aromatic N) is 1. The molecule has 1 aromatic heterocycles. The Hall–Kier alpha value is -2.15. The predicted molar refractivity (Wildman–Crippen MR) is 102 cm³/mol. The van der Waals surface area contributed by atoms with Gasteiger partial charge in [0.1, 0.15) is 11.6 Å². The lowest BCUT2D eigenvalue weighted by atomic mass is 10.1. The molecule has 0 spiro atoms. The first-order chi connectivity index (χ1) is 12.3. The fourth-order valence-corrected chi connectivity index (χ4v) is 4.18. The lowest BCUT2D eigenvalue weighted by molar-refractivity contribution is 0.594. The van der Waals surface area contributed by atoms with Crippen LogP contribution in [-0.2, 0) is 10.0 Å². The number of nitrogens with one attached hydrogen (secondary N) is 1. The van der Waals surface area contributed by atoms with Gasteiger partial charge in [0.15, 0.2) is 0 Å². The van der Waals surface area contributed by atoms with Gasteiger partial charge in [-0.25, -0.2) is 17.8 Å². The fraction of sp³-hybridized carbons (Fsp3) is 0.0556. The van der Waals surface area contributed by atoms with Gasteiger partial charge in [-0.05, 0) is 48.9 Å². The molecule has 2 aromatic carbocycles. The van der Waals surface area contributed by atoms with Crippen LogP contribution in [-0.4, -0.2) is 13.4 Å². The van der Waals surface area contributed by atoms with Crippen LogP contribution in [0.4, 0.5) is 10.2 Å². The van der Waals surface area contributed by atoms with Gasteiger partial charge >= 0.3 is 0 Å². The predicted octanol–water partition coefficient (Wildman–Crippen LogP) is 5.30. The van der Waals surface area contributed by atoms with Gasteiger partial charge in [0, 0.05) is 27.4 Å². The minimum atomic E-state index is -3.95. The summed E-state index contributed by atoms with van der Waals surface area (Å²) in [4.78, 5) is 3.97. The summed E-state index contributed by atoms with van der Waals surface area (Å²) in [5.74, 6) is -0.515. The van der Waals surface area contributed by atoms with Crippen LogP contribution in [0.3, 0.4) is 0 Å². The Kier molecular flexibility index (Phi) is 5.18. The van der Waals surface area contributed by atoms with Crippen LogP contribution >= 0.6 is 23.2 Å². The zero-order valence-electron chi connectivity index (χ0n) is 13.5. The molecule has 0 unspecified atom stereocenters. The molecule has 0 radical (unpaired) electrons. The number of aromatic nitrogens is 1. The van der Waals surface area contributed by atoms with E-state index < -0.39 is 15.8 Å². The van der Waals surface area contributed by atoms with E-state index in [4.69, 9.17) is 23.2 Å². The van der Waals surface area contributed by atoms with E-state index in [1.807, 2.05) is 0 Å². The summed E-state index contributed by atoms with van der Waals surface area (Å²) in [6, 6.07) is 11.8. The molecule has 3 rings (SSSR count). The highest BCUT2D eigenvalue weighted by Gasteiger charge is 2.18. The molecule has 0 saturated carbocycles. The second kappa shape index (κ2) is 7.23. The summed E-state index contributed by atoms with van der Waals surface area (Å²) < 4.78 is 40.7. The molecule has 0 amide bonds. The van der Waals surface area contributed by atoms with Crippen LogP contribution in [0.5, 0.6) is 0 Å². The van der Waals surface area contributed by atoms with Gasteiger partial charge in [0.05, 0.1) is 4.90 Å². The Bertz CT molecular complexity index is 1070. The summed E-state index contributed by atoms with van der Waals surface area (Å²) in [7, 11) is -3.95. The van der Waals surface area contributed by atoms with Crippen molar-refractivity contribution < 1.29 is 12.8 Å². The van der Waals surface area contributed by atoms with Gasteiger partial charge in [0.25, 0.3) is 10.0 Å².